The van der Waals surface area contributed by atoms with Gasteiger partial charge >= 0.3 is 11.9 Å². The molecule has 1 unspecified atom stereocenters. The number of non-ortho nitro benzene ring substituents is 1. The third-order valence-corrected chi connectivity index (χ3v) is 5.08. The Bertz CT molecular complexity index is 1360. The van der Waals surface area contributed by atoms with Crippen molar-refractivity contribution in [1.82, 2.24) is 0 Å². The molecule has 184 valence electrons. The molecule has 3 rings (SSSR count). The van der Waals surface area contributed by atoms with Crippen molar-refractivity contribution in [2.24, 2.45) is 0 Å². The minimum atomic E-state index is -1.56. The Morgan fingerprint density at radius 1 is 0.889 bits per heavy atom. The molecule has 0 aliphatic heterocycles. The second-order valence-electron chi connectivity index (χ2n) is 7.13. The second-order valence-corrected chi connectivity index (χ2v) is 7.53. The number of halogens is 1. The van der Waals surface area contributed by atoms with Crippen LogP contribution in [0.15, 0.2) is 66.7 Å². The molecule has 0 saturated heterocycles. The molecule has 0 bridgehead atoms. The summed E-state index contributed by atoms with van der Waals surface area (Å²) in [5.74, 6) is -2.94. The molecule has 1 N–H and O–H groups in total. The van der Waals surface area contributed by atoms with Crippen LogP contribution < -0.4 is 5.32 Å². The van der Waals surface area contributed by atoms with Crippen molar-refractivity contribution < 1.29 is 33.7 Å². The van der Waals surface area contributed by atoms with Crippen molar-refractivity contribution in [3.63, 3.8) is 0 Å². The zero-order valence-electron chi connectivity index (χ0n) is 18.4. The van der Waals surface area contributed by atoms with Gasteiger partial charge in [0.05, 0.1) is 28.1 Å². The van der Waals surface area contributed by atoms with Crippen LogP contribution in [0.2, 0.25) is 5.02 Å². The third kappa shape index (κ3) is 5.98. The van der Waals surface area contributed by atoms with Crippen LogP contribution >= 0.6 is 11.6 Å². The maximum Gasteiger partial charge on any atom is 0.339 e. The van der Waals surface area contributed by atoms with Gasteiger partial charge < -0.3 is 14.8 Å². The number of ether oxygens (including phenoxy) is 2. The summed E-state index contributed by atoms with van der Waals surface area (Å²) < 4.78 is 9.94. The van der Waals surface area contributed by atoms with Crippen molar-refractivity contribution in [2.45, 2.75) is 6.10 Å². The summed E-state index contributed by atoms with van der Waals surface area (Å²) in [4.78, 5) is 58.8. The van der Waals surface area contributed by atoms with Crippen LogP contribution in [0.1, 0.15) is 32.4 Å². The molecule has 1 atom stereocenters. The number of nitro groups is 2. The zero-order valence-corrected chi connectivity index (χ0v) is 19.1. The van der Waals surface area contributed by atoms with E-state index in [1.807, 2.05) is 0 Å². The molecular formula is C23H16ClN3O9. The van der Waals surface area contributed by atoms with Gasteiger partial charge in [-0.2, -0.15) is 0 Å². The van der Waals surface area contributed by atoms with Crippen LogP contribution in [0.5, 0.6) is 0 Å². The van der Waals surface area contributed by atoms with Crippen molar-refractivity contribution in [3.05, 3.63) is 109 Å². The molecule has 0 radical (unpaired) electrons. The predicted octanol–water partition coefficient (Wildman–Crippen LogP) is 4.48. The van der Waals surface area contributed by atoms with Gasteiger partial charge in [-0.3, -0.25) is 25.0 Å². The number of nitrogens with one attached hydrogen (secondary N) is 1. The second kappa shape index (κ2) is 11.1. The lowest BCUT2D eigenvalue weighted by Crippen LogP contribution is -2.26. The summed E-state index contributed by atoms with van der Waals surface area (Å²) in [6.45, 7) is 0. The van der Waals surface area contributed by atoms with Crippen molar-refractivity contribution in [2.75, 3.05) is 12.4 Å². The lowest BCUT2D eigenvalue weighted by Gasteiger charge is -2.18. The number of anilines is 1. The Labute approximate surface area is 207 Å². The van der Waals surface area contributed by atoms with Crippen LogP contribution in [-0.4, -0.2) is 34.8 Å². The first kappa shape index (κ1) is 25.8. The van der Waals surface area contributed by atoms with E-state index < -0.39 is 45.2 Å². The van der Waals surface area contributed by atoms with E-state index in [0.29, 0.717) is 0 Å². The molecule has 0 aliphatic rings. The molecule has 3 aromatic carbocycles. The zero-order chi connectivity index (χ0) is 26.4. The van der Waals surface area contributed by atoms with Crippen LogP contribution in [-0.2, 0) is 14.3 Å². The van der Waals surface area contributed by atoms with E-state index in [0.717, 1.165) is 31.4 Å². The topological polar surface area (TPSA) is 168 Å². The summed E-state index contributed by atoms with van der Waals surface area (Å²) in [5, 5.41) is 24.7. The lowest BCUT2D eigenvalue weighted by molar-refractivity contribution is -0.385. The Morgan fingerprint density at radius 2 is 1.53 bits per heavy atom. The number of nitrogens with zero attached hydrogens (tertiary/aromatic N) is 2. The molecule has 36 heavy (non-hydrogen) atoms. The van der Waals surface area contributed by atoms with Crippen molar-refractivity contribution in [1.29, 1.82) is 0 Å². The molecule has 0 saturated carbocycles. The van der Waals surface area contributed by atoms with Gasteiger partial charge in [0.25, 0.3) is 17.3 Å². The summed E-state index contributed by atoms with van der Waals surface area (Å²) in [5.41, 5.74) is -1.41. The molecule has 0 heterocycles. The summed E-state index contributed by atoms with van der Waals surface area (Å²) in [7, 11) is 1.07. The molecule has 0 aromatic heterocycles. The Morgan fingerprint density at radius 3 is 2.11 bits per heavy atom. The van der Waals surface area contributed by atoms with E-state index in [2.05, 4.69) is 10.1 Å². The minimum Gasteiger partial charge on any atom is -0.465 e. The predicted molar refractivity (Wildman–Crippen MR) is 126 cm³/mol. The highest BCUT2D eigenvalue weighted by Crippen LogP contribution is 2.29. The summed E-state index contributed by atoms with van der Waals surface area (Å²) in [6.07, 6.45) is -1.56. The fourth-order valence-electron chi connectivity index (χ4n) is 3.08. The SMILES string of the molecule is COC(=O)c1cc(C(=O)OC(C(=O)Nc2ccc(Cl)c([N+](=O)[O-])c2)c2ccccc2)cc([N+](=O)[O-])c1. The fraction of sp³-hybridized carbons (Fsp3) is 0.0870. The quantitative estimate of drug-likeness (QED) is 0.259. The van der Waals surface area contributed by atoms with Crippen LogP contribution in [0.3, 0.4) is 0 Å². The number of hydrogen-bond acceptors (Lipinski definition) is 9. The number of rotatable bonds is 8. The molecule has 12 nitrogen and oxygen atoms in total. The first-order valence-corrected chi connectivity index (χ1v) is 10.4. The maximum atomic E-state index is 13.1. The van der Waals surface area contributed by atoms with E-state index in [1.165, 1.54) is 24.3 Å². The van der Waals surface area contributed by atoms with Crippen molar-refractivity contribution >= 4 is 46.5 Å². The van der Waals surface area contributed by atoms with Gasteiger partial charge in [0.1, 0.15) is 5.02 Å². The lowest BCUT2D eigenvalue weighted by atomic mass is 10.1. The average molecular weight is 514 g/mol. The van der Waals surface area contributed by atoms with Gasteiger partial charge in [-0.05, 0) is 18.2 Å². The highest BCUT2D eigenvalue weighted by molar-refractivity contribution is 6.32. The first-order chi connectivity index (χ1) is 17.1. The number of methoxy groups -OCH3 is 1. The number of carbonyl (C=O) groups is 3. The number of carbonyl (C=O) groups excluding carboxylic acids is 3. The summed E-state index contributed by atoms with van der Waals surface area (Å²) >= 11 is 5.80. The van der Waals surface area contributed by atoms with E-state index in [1.54, 1.807) is 18.2 Å². The Hall–Kier alpha value is -4.84. The number of nitro benzene ring substituents is 2. The Balaban J connectivity index is 1.95. The third-order valence-electron chi connectivity index (χ3n) is 4.76. The first-order valence-electron chi connectivity index (χ1n) is 9.99. The maximum absolute atomic E-state index is 13.1. The molecule has 3 aromatic rings. The van der Waals surface area contributed by atoms with Gasteiger partial charge in [0, 0.05) is 29.4 Å². The van der Waals surface area contributed by atoms with Crippen LogP contribution in [0.4, 0.5) is 17.1 Å². The smallest absolute Gasteiger partial charge is 0.339 e. The highest BCUT2D eigenvalue weighted by Gasteiger charge is 2.28. The van der Waals surface area contributed by atoms with E-state index in [4.69, 9.17) is 16.3 Å². The van der Waals surface area contributed by atoms with Gasteiger partial charge in [-0.1, -0.05) is 41.9 Å². The van der Waals surface area contributed by atoms with Gasteiger partial charge in [0.15, 0.2) is 0 Å². The normalized spacial score (nSPS) is 11.2. The van der Waals surface area contributed by atoms with Gasteiger partial charge in [-0.25, -0.2) is 9.59 Å². The van der Waals surface area contributed by atoms with E-state index in [9.17, 15) is 34.6 Å². The minimum absolute atomic E-state index is 0.0106. The van der Waals surface area contributed by atoms with E-state index in [-0.39, 0.29) is 27.4 Å². The average Bonchev–Trinajstić information content (AvgIpc) is 2.87. The highest BCUT2D eigenvalue weighted by atomic mass is 35.5. The fourth-order valence-corrected chi connectivity index (χ4v) is 3.27. The van der Waals surface area contributed by atoms with Gasteiger partial charge in [0.2, 0.25) is 6.10 Å². The monoisotopic (exact) mass is 513 g/mol. The Kier molecular flexibility index (Phi) is 7.92. The summed E-state index contributed by atoms with van der Waals surface area (Å²) in [6, 6.07) is 14.2. The number of esters is 2. The van der Waals surface area contributed by atoms with Crippen molar-refractivity contribution in [3.8, 4) is 0 Å². The molecule has 13 heteroatoms. The van der Waals surface area contributed by atoms with Crippen LogP contribution in [0.25, 0.3) is 0 Å². The number of amides is 1. The molecule has 0 aliphatic carbocycles. The number of hydrogen-bond donors (Lipinski definition) is 1. The molecule has 0 fully saturated rings. The van der Waals surface area contributed by atoms with E-state index >= 15 is 0 Å². The van der Waals surface area contributed by atoms with Crippen LogP contribution in [0, 0.1) is 20.2 Å². The molecule has 1 amide bonds. The largest absolute Gasteiger partial charge is 0.465 e. The number of benzene rings is 3. The van der Waals surface area contributed by atoms with Gasteiger partial charge in [-0.15, -0.1) is 0 Å². The molecular weight excluding hydrogens is 498 g/mol. The standard InChI is InChI=1S/C23H16ClN3O9/c1-35-22(29)14-9-15(11-17(10-14)26(31)32)23(30)36-20(13-5-3-2-4-6-13)21(28)25-16-7-8-18(24)19(12-16)27(33)34/h2-12,20H,1H3,(H,25,28). The molecule has 0 spiro atoms.